The number of methoxy groups -OCH3 is 2. The Morgan fingerprint density at radius 2 is 1.81 bits per heavy atom. The van der Waals surface area contributed by atoms with Crippen molar-refractivity contribution in [1.82, 2.24) is 5.32 Å². The van der Waals surface area contributed by atoms with E-state index in [9.17, 15) is 4.79 Å². The number of nitrogens with zero attached hydrogens (tertiary/aromatic N) is 1. The Hall–Kier alpha value is -2.57. The van der Waals surface area contributed by atoms with Crippen LogP contribution in [0.5, 0.6) is 11.5 Å². The van der Waals surface area contributed by atoms with E-state index in [1.807, 2.05) is 32.0 Å². The Kier molecular flexibility index (Phi) is 5.39. The van der Waals surface area contributed by atoms with E-state index in [4.69, 9.17) is 33.3 Å². The van der Waals surface area contributed by atoms with Crippen molar-refractivity contribution in [2.75, 3.05) is 19.1 Å². The molecule has 0 radical (unpaired) electrons. The number of halogens is 1. The van der Waals surface area contributed by atoms with E-state index in [1.165, 1.54) is 19.1 Å². The minimum atomic E-state index is -0.219. The van der Waals surface area contributed by atoms with Gasteiger partial charge in [0.15, 0.2) is 16.6 Å². The third kappa shape index (κ3) is 3.50. The summed E-state index contributed by atoms with van der Waals surface area (Å²) in [5.41, 5.74) is 3.81. The molecule has 3 rings (SSSR count). The summed E-state index contributed by atoms with van der Waals surface area (Å²) in [5.74, 6) is 0.708. The lowest BCUT2D eigenvalue weighted by Gasteiger charge is -2.19. The minimum absolute atomic E-state index is 0.219. The number of amides is 1. The molecule has 0 aromatic heterocycles. The van der Waals surface area contributed by atoms with E-state index < -0.39 is 0 Å². The van der Waals surface area contributed by atoms with E-state index in [1.54, 1.807) is 18.2 Å². The number of nitrogens with one attached hydrogen (secondary N) is 1. The SMILES string of the molecule is COc1cc(/C=C2\NC(=S)N(c3c(C)cccc3C)C2=O)cc(Cl)c1OC. The van der Waals surface area contributed by atoms with Gasteiger partial charge in [-0.2, -0.15) is 0 Å². The van der Waals surface area contributed by atoms with Crippen molar-refractivity contribution in [3.8, 4) is 11.5 Å². The molecule has 2 aromatic rings. The standard InChI is InChI=1S/C20H19ClN2O3S/c1-11-6-5-7-12(2)17(11)23-19(24)15(22-20(23)27)9-13-8-14(21)18(26-4)16(10-13)25-3/h5-10H,1-4H3,(H,22,27)/b15-9-. The van der Waals surface area contributed by atoms with Crippen molar-refractivity contribution in [2.24, 2.45) is 0 Å². The van der Waals surface area contributed by atoms with E-state index in [0.717, 1.165) is 16.8 Å². The molecule has 1 aliphatic heterocycles. The van der Waals surface area contributed by atoms with Gasteiger partial charge in [-0.05, 0) is 61.0 Å². The van der Waals surface area contributed by atoms with Crippen LogP contribution in [-0.2, 0) is 4.79 Å². The zero-order chi connectivity index (χ0) is 19.7. The molecule has 140 valence electrons. The first-order valence-electron chi connectivity index (χ1n) is 8.22. The zero-order valence-corrected chi connectivity index (χ0v) is 17.0. The molecule has 0 aliphatic carbocycles. The van der Waals surface area contributed by atoms with Crippen LogP contribution >= 0.6 is 23.8 Å². The van der Waals surface area contributed by atoms with Gasteiger partial charge in [0, 0.05) is 0 Å². The van der Waals surface area contributed by atoms with Gasteiger partial charge in [-0.25, -0.2) is 0 Å². The summed E-state index contributed by atoms with van der Waals surface area (Å²) in [4.78, 5) is 14.5. The molecule has 1 saturated heterocycles. The first kappa shape index (κ1) is 19.2. The molecule has 0 spiro atoms. The van der Waals surface area contributed by atoms with Gasteiger partial charge in [0.05, 0.1) is 24.9 Å². The van der Waals surface area contributed by atoms with Crippen molar-refractivity contribution in [1.29, 1.82) is 0 Å². The fourth-order valence-corrected chi connectivity index (χ4v) is 3.66. The Morgan fingerprint density at radius 3 is 2.41 bits per heavy atom. The summed E-state index contributed by atoms with van der Waals surface area (Å²) in [6.07, 6.45) is 1.69. The Balaban J connectivity index is 2.02. The maximum absolute atomic E-state index is 13.0. The summed E-state index contributed by atoms with van der Waals surface area (Å²) in [5, 5.41) is 3.73. The molecular formula is C20H19ClN2O3S. The molecule has 1 N–H and O–H groups in total. The maximum atomic E-state index is 13.0. The largest absolute Gasteiger partial charge is 0.493 e. The smallest absolute Gasteiger partial charge is 0.281 e. The van der Waals surface area contributed by atoms with E-state index in [0.29, 0.717) is 32.9 Å². The van der Waals surface area contributed by atoms with Crippen LogP contribution in [0.1, 0.15) is 16.7 Å². The summed E-state index contributed by atoms with van der Waals surface area (Å²) in [6, 6.07) is 9.31. The summed E-state index contributed by atoms with van der Waals surface area (Å²) >= 11 is 11.7. The number of hydrogen-bond donors (Lipinski definition) is 1. The van der Waals surface area contributed by atoms with Gasteiger partial charge in [0.25, 0.3) is 5.91 Å². The monoisotopic (exact) mass is 402 g/mol. The van der Waals surface area contributed by atoms with Crippen LogP contribution in [0.2, 0.25) is 5.02 Å². The van der Waals surface area contributed by atoms with E-state index >= 15 is 0 Å². The van der Waals surface area contributed by atoms with Gasteiger partial charge in [0.1, 0.15) is 5.70 Å². The first-order valence-corrected chi connectivity index (χ1v) is 9.01. The fourth-order valence-electron chi connectivity index (χ4n) is 3.08. The van der Waals surface area contributed by atoms with Crippen LogP contribution in [0.4, 0.5) is 5.69 Å². The van der Waals surface area contributed by atoms with Gasteiger partial charge in [-0.3, -0.25) is 9.69 Å². The van der Waals surface area contributed by atoms with Crippen molar-refractivity contribution >= 4 is 46.6 Å². The van der Waals surface area contributed by atoms with Crippen molar-refractivity contribution < 1.29 is 14.3 Å². The van der Waals surface area contributed by atoms with Gasteiger partial charge >= 0.3 is 0 Å². The number of carbonyl (C=O) groups is 1. The van der Waals surface area contributed by atoms with Crippen LogP contribution < -0.4 is 19.7 Å². The predicted molar refractivity (Wildman–Crippen MR) is 112 cm³/mol. The summed E-state index contributed by atoms with van der Waals surface area (Å²) in [6.45, 7) is 3.90. The number of thiocarbonyl (C=S) groups is 1. The first-order chi connectivity index (χ1) is 12.9. The number of anilines is 1. The summed E-state index contributed by atoms with van der Waals surface area (Å²) < 4.78 is 10.6. The molecule has 1 fully saturated rings. The fraction of sp³-hybridized carbons (Fsp3) is 0.200. The third-order valence-corrected chi connectivity index (χ3v) is 4.87. The van der Waals surface area contributed by atoms with Gasteiger partial charge < -0.3 is 14.8 Å². The number of benzene rings is 2. The lowest BCUT2D eigenvalue weighted by atomic mass is 10.1. The summed E-state index contributed by atoms with van der Waals surface area (Å²) in [7, 11) is 3.05. The Morgan fingerprint density at radius 1 is 1.15 bits per heavy atom. The number of para-hydroxylation sites is 1. The van der Waals surface area contributed by atoms with Gasteiger partial charge in [-0.1, -0.05) is 29.8 Å². The number of carbonyl (C=O) groups excluding carboxylic acids is 1. The second-order valence-corrected chi connectivity index (χ2v) is 6.90. The van der Waals surface area contributed by atoms with Crippen LogP contribution in [0.25, 0.3) is 6.08 Å². The number of hydrogen-bond acceptors (Lipinski definition) is 4. The molecule has 0 bridgehead atoms. The van der Waals surface area contributed by atoms with Gasteiger partial charge in [0.2, 0.25) is 0 Å². The molecule has 7 heteroatoms. The van der Waals surface area contributed by atoms with Crippen molar-refractivity contribution in [3.05, 3.63) is 57.7 Å². The molecule has 27 heavy (non-hydrogen) atoms. The molecule has 0 unspecified atom stereocenters. The highest BCUT2D eigenvalue weighted by Crippen LogP contribution is 2.37. The maximum Gasteiger partial charge on any atom is 0.281 e. The lowest BCUT2D eigenvalue weighted by Crippen LogP contribution is -2.31. The highest BCUT2D eigenvalue weighted by Gasteiger charge is 2.33. The van der Waals surface area contributed by atoms with Crippen molar-refractivity contribution in [2.45, 2.75) is 13.8 Å². The van der Waals surface area contributed by atoms with Gasteiger partial charge in [-0.15, -0.1) is 0 Å². The average Bonchev–Trinajstić information content (AvgIpc) is 2.88. The minimum Gasteiger partial charge on any atom is -0.493 e. The molecule has 1 aliphatic rings. The predicted octanol–water partition coefficient (Wildman–Crippen LogP) is 4.24. The topological polar surface area (TPSA) is 50.8 Å². The Labute approximate surface area is 168 Å². The number of aryl methyl sites for hydroxylation is 2. The Bertz CT molecular complexity index is 952. The third-order valence-electron chi connectivity index (χ3n) is 4.31. The molecule has 0 atom stereocenters. The van der Waals surface area contributed by atoms with Crippen LogP contribution in [-0.4, -0.2) is 25.2 Å². The van der Waals surface area contributed by atoms with Crippen LogP contribution in [0.15, 0.2) is 36.0 Å². The quantitative estimate of drug-likeness (QED) is 0.612. The van der Waals surface area contributed by atoms with E-state index in [2.05, 4.69) is 5.32 Å². The van der Waals surface area contributed by atoms with Crippen LogP contribution in [0, 0.1) is 13.8 Å². The average molecular weight is 403 g/mol. The molecular weight excluding hydrogens is 384 g/mol. The molecule has 0 saturated carbocycles. The highest BCUT2D eigenvalue weighted by atomic mass is 35.5. The lowest BCUT2D eigenvalue weighted by molar-refractivity contribution is -0.113. The number of rotatable bonds is 4. The van der Waals surface area contributed by atoms with E-state index in [-0.39, 0.29) is 5.91 Å². The molecule has 1 amide bonds. The second-order valence-electron chi connectivity index (χ2n) is 6.11. The van der Waals surface area contributed by atoms with Crippen LogP contribution in [0.3, 0.4) is 0 Å². The molecule has 2 aromatic carbocycles. The number of ether oxygens (including phenoxy) is 2. The molecule has 5 nitrogen and oxygen atoms in total. The second kappa shape index (κ2) is 7.58. The van der Waals surface area contributed by atoms with Crippen molar-refractivity contribution in [3.63, 3.8) is 0 Å². The normalized spacial score (nSPS) is 15.3. The molecule has 1 heterocycles. The highest BCUT2D eigenvalue weighted by molar-refractivity contribution is 7.80. The zero-order valence-electron chi connectivity index (χ0n) is 15.4.